The summed E-state index contributed by atoms with van der Waals surface area (Å²) >= 11 is 12.1. The van der Waals surface area contributed by atoms with E-state index >= 15 is 0 Å². The maximum absolute atomic E-state index is 12.4. The number of anilines is 1. The Kier molecular flexibility index (Phi) is 8.66. The molecule has 1 N–H and O–H groups in total. The smallest absolute Gasteiger partial charge is 0.251 e. The summed E-state index contributed by atoms with van der Waals surface area (Å²) in [6, 6.07) is 18.4. The van der Waals surface area contributed by atoms with Crippen LogP contribution in [-0.4, -0.2) is 40.8 Å². The Hall–Kier alpha value is -2.94. The number of halogens is 2. The number of methoxy groups -OCH3 is 1. The fourth-order valence-corrected chi connectivity index (χ4v) is 4.50. The number of amides is 1. The van der Waals surface area contributed by atoms with Gasteiger partial charge in [-0.3, -0.25) is 9.10 Å². The lowest BCUT2D eigenvalue weighted by Crippen LogP contribution is -2.29. The Morgan fingerprint density at radius 2 is 1.53 bits per heavy atom. The third kappa shape index (κ3) is 7.28. The summed E-state index contributed by atoms with van der Waals surface area (Å²) < 4.78 is 36.6. The molecule has 0 radical (unpaired) electrons. The first-order valence-electron chi connectivity index (χ1n) is 10.2. The van der Waals surface area contributed by atoms with Crippen molar-refractivity contribution in [1.29, 1.82) is 0 Å². The Balaban J connectivity index is 1.57. The molecule has 0 atom stereocenters. The summed E-state index contributed by atoms with van der Waals surface area (Å²) in [6.07, 6.45) is 1.11. The molecule has 0 unspecified atom stereocenters. The van der Waals surface area contributed by atoms with Gasteiger partial charge in [0.1, 0.15) is 18.1 Å². The van der Waals surface area contributed by atoms with Crippen LogP contribution in [0.25, 0.3) is 0 Å². The SMILES string of the molecule is COc1ccc(OCCNC(=O)c2ccc(CN(c3cc(Cl)cc(Cl)c3)S(C)(=O)=O)cc2)cc1. The average Bonchev–Trinajstić information content (AvgIpc) is 2.79. The summed E-state index contributed by atoms with van der Waals surface area (Å²) in [5, 5.41) is 3.46. The predicted molar refractivity (Wildman–Crippen MR) is 135 cm³/mol. The lowest BCUT2D eigenvalue weighted by atomic mass is 10.1. The van der Waals surface area contributed by atoms with Gasteiger partial charge in [-0.2, -0.15) is 0 Å². The number of nitrogens with one attached hydrogen (secondary N) is 1. The van der Waals surface area contributed by atoms with Crippen LogP contribution in [0.2, 0.25) is 10.0 Å². The highest BCUT2D eigenvalue weighted by Crippen LogP contribution is 2.28. The molecule has 7 nitrogen and oxygen atoms in total. The Morgan fingerprint density at radius 3 is 2.09 bits per heavy atom. The second-order valence-electron chi connectivity index (χ2n) is 7.37. The zero-order valence-electron chi connectivity index (χ0n) is 18.6. The van der Waals surface area contributed by atoms with Crippen molar-refractivity contribution < 1.29 is 22.7 Å². The highest BCUT2D eigenvalue weighted by Gasteiger charge is 2.19. The summed E-state index contributed by atoms with van der Waals surface area (Å²) in [7, 11) is -2.01. The molecule has 180 valence electrons. The molecule has 3 rings (SSSR count). The number of carbonyl (C=O) groups is 1. The Labute approximate surface area is 209 Å². The number of carbonyl (C=O) groups excluding carboxylic acids is 1. The molecule has 3 aromatic carbocycles. The molecule has 0 aliphatic heterocycles. The highest BCUT2D eigenvalue weighted by molar-refractivity contribution is 7.92. The van der Waals surface area contributed by atoms with E-state index in [4.69, 9.17) is 32.7 Å². The maximum atomic E-state index is 12.4. The molecule has 1 amide bonds. The minimum Gasteiger partial charge on any atom is -0.497 e. The van der Waals surface area contributed by atoms with E-state index in [9.17, 15) is 13.2 Å². The van der Waals surface area contributed by atoms with E-state index in [1.54, 1.807) is 55.6 Å². The van der Waals surface area contributed by atoms with Crippen LogP contribution in [-0.2, 0) is 16.6 Å². The van der Waals surface area contributed by atoms with Crippen molar-refractivity contribution in [3.05, 3.63) is 87.9 Å². The van der Waals surface area contributed by atoms with E-state index in [0.717, 1.165) is 12.0 Å². The molecular weight excluding hydrogens is 499 g/mol. The van der Waals surface area contributed by atoms with Gasteiger partial charge < -0.3 is 14.8 Å². The molecule has 0 aliphatic carbocycles. The summed E-state index contributed by atoms with van der Waals surface area (Å²) in [5.74, 6) is 1.16. The van der Waals surface area contributed by atoms with E-state index in [-0.39, 0.29) is 12.5 Å². The van der Waals surface area contributed by atoms with Crippen LogP contribution >= 0.6 is 23.2 Å². The van der Waals surface area contributed by atoms with E-state index in [1.165, 1.54) is 22.5 Å². The van der Waals surface area contributed by atoms with Gasteiger partial charge in [-0.1, -0.05) is 35.3 Å². The quantitative estimate of drug-likeness (QED) is 0.387. The lowest BCUT2D eigenvalue weighted by Gasteiger charge is -2.23. The maximum Gasteiger partial charge on any atom is 0.251 e. The Bertz CT molecular complexity index is 1210. The number of nitrogens with zero attached hydrogens (tertiary/aromatic N) is 1. The van der Waals surface area contributed by atoms with Crippen LogP contribution in [0.4, 0.5) is 5.69 Å². The van der Waals surface area contributed by atoms with Gasteiger partial charge in [0.05, 0.1) is 32.1 Å². The highest BCUT2D eigenvalue weighted by atomic mass is 35.5. The summed E-state index contributed by atoms with van der Waals surface area (Å²) in [4.78, 5) is 12.4. The van der Waals surface area contributed by atoms with E-state index in [1.807, 2.05) is 0 Å². The molecule has 0 aromatic heterocycles. The van der Waals surface area contributed by atoms with Crippen molar-refractivity contribution in [2.75, 3.05) is 30.8 Å². The second-order valence-corrected chi connectivity index (χ2v) is 10.2. The molecule has 34 heavy (non-hydrogen) atoms. The van der Waals surface area contributed by atoms with Crippen LogP contribution in [0.1, 0.15) is 15.9 Å². The zero-order chi connectivity index (χ0) is 24.7. The fraction of sp³-hybridized carbons (Fsp3) is 0.208. The van der Waals surface area contributed by atoms with Crippen LogP contribution in [0.15, 0.2) is 66.7 Å². The first-order chi connectivity index (χ1) is 16.2. The van der Waals surface area contributed by atoms with Gasteiger partial charge in [0.2, 0.25) is 10.0 Å². The van der Waals surface area contributed by atoms with Crippen LogP contribution in [0, 0.1) is 0 Å². The molecule has 0 fully saturated rings. The van der Waals surface area contributed by atoms with Gasteiger partial charge in [-0.15, -0.1) is 0 Å². The Morgan fingerprint density at radius 1 is 0.941 bits per heavy atom. The molecule has 0 saturated carbocycles. The monoisotopic (exact) mass is 522 g/mol. The van der Waals surface area contributed by atoms with Crippen molar-refractivity contribution >= 4 is 44.8 Å². The van der Waals surface area contributed by atoms with Crippen molar-refractivity contribution in [2.45, 2.75) is 6.54 Å². The largest absolute Gasteiger partial charge is 0.497 e. The molecule has 0 heterocycles. The van der Waals surface area contributed by atoms with Crippen molar-refractivity contribution in [3.63, 3.8) is 0 Å². The fourth-order valence-electron chi connectivity index (χ4n) is 3.12. The van der Waals surface area contributed by atoms with Gasteiger partial charge in [0, 0.05) is 15.6 Å². The topological polar surface area (TPSA) is 84.9 Å². The van der Waals surface area contributed by atoms with Gasteiger partial charge in [0.15, 0.2) is 0 Å². The molecule has 0 aliphatic rings. The summed E-state index contributed by atoms with van der Waals surface area (Å²) in [5.41, 5.74) is 1.50. The molecule has 10 heteroatoms. The summed E-state index contributed by atoms with van der Waals surface area (Å²) in [6.45, 7) is 0.693. The molecule has 0 bridgehead atoms. The minimum absolute atomic E-state index is 0.0626. The van der Waals surface area contributed by atoms with Crippen molar-refractivity contribution in [1.82, 2.24) is 5.32 Å². The first kappa shape index (κ1) is 25.7. The van der Waals surface area contributed by atoms with Crippen LogP contribution in [0.3, 0.4) is 0 Å². The van der Waals surface area contributed by atoms with Crippen molar-refractivity contribution in [2.24, 2.45) is 0 Å². The third-order valence-electron chi connectivity index (χ3n) is 4.79. The molecule has 3 aromatic rings. The molecule has 0 saturated heterocycles. The van der Waals surface area contributed by atoms with Crippen molar-refractivity contribution in [3.8, 4) is 11.5 Å². The van der Waals surface area contributed by atoms with E-state index in [2.05, 4.69) is 5.32 Å². The number of hydrogen-bond acceptors (Lipinski definition) is 5. The number of ether oxygens (including phenoxy) is 2. The molecule has 0 spiro atoms. The van der Waals surface area contributed by atoms with Gasteiger partial charge >= 0.3 is 0 Å². The standard InChI is InChI=1S/C24H24Cl2N2O5S/c1-32-22-7-9-23(10-8-22)33-12-11-27-24(29)18-5-3-17(4-6-18)16-28(34(2,30)31)21-14-19(25)13-20(26)15-21/h3-10,13-15H,11-12,16H2,1-2H3,(H,27,29). The van der Waals surface area contributed by atoms with Gasteiger partial charge in [0.25, 0.3) is 5.91 Å². The lowest BCUT2D eigenvalue weighted by molar-refractivity contribution is 0.0947. The number of rotatable bonds is 10. The van der Waals surface area contributed by atoms with Gasteiger partial charge in [-0.25, -0.2) is 8.42 Å². The third-order valence-corrected chi connectivity index (χ3v) is 6.37. The van der Waals surface area contributed by atoms with E-state index < -0.39 is 10.0 Å². The van der Waals surface area contributed by atoms with Gasteiger partial charge in [-0.05, 0) is 60.2 Å². The van der Waals surface area contributed by atoms with Crippen LogP contribution < -0.4 is 19.1 Å². The second kappa shape index (κ2) is 11.5. The number of hydrogen-bond donors (Lipinski definition) is 1. The molecular formula is C24H24Cl2N2O5S. The normalized spacial score (nSPS) is 11.1. The van der Waals surface area contributed by atoms with E-state index in [0.29, 0.717) is 45.8 Å². The average molecular weight is 523 g/mol. The predicted octanol–water partition coefficient (Wildman–Crippen LogP) is 4.78. The number of sulfonamides is 1. The number of benzene rings is 3. The first-order valence-corrected chi connectivity index (χ1v) is 12.8. The zero-order valence-corrected chi connectivity index (χ0v) is 21.0. The minimum atomic E-state index is -3.60. The van der Waals surface area contributed by atoms with Crippen LogP contribution in [0.5, 0.6) is 11.5 Å².